The second-order valence-electron chi connectivity index (χ2n) is 5.40. The molecule has 0 N–H and O–H groups in total. The molecule has 0 aromatic heterocycles. The Kier molecular flexibility index (Phi) is 5.28. The molecule has 0 radical (unpaired) electrons. The van der Waals surface area contributed by atoms with Crippen molar-refractivity contribution in [2.45, 2.75) is 0 Å². The molecule has 26 heavy (non-hydrogen) atoms. The fourth-order valence-electron chi connectivity index (χ4n) is 2.75. The fourth-order valence-corrected chi connectivity index (χ4v) is 2.94. The third kappa shape index (κ3) is 3.30. The Morgan fingerprint density at radius 3 is 1.62 bits per heavy atom. The molecule has 0 bridgehead atoms. The van der Waals surface area contributed by atoms with Crippen LogP contribution in [0.25, 0.3) is 0 Å². The van der Waals surface area contributed by atoms with Crippen LogP contribution in [-0.4, -0.2) is 14.2 Å². The third-order valence-corrected chi connectivity index (χ3v) is 4.08. The van der Waals surface area contributed by atoms with E-state index in [0.717, 1.165) is 12.1 Å². The third-order valence-electron chi connectivity index (χ3n) is 3.86. The van der Waals surface area contributed by atoms with E-state index in [4.69, 9.17) is 21.1 Å². The fraction of sp³-hybridized carbons (Fsp3) is 0.100. The number of nitrogens with zero attached hydrogens (tertiary/aromatic N) is 1. The lowest BCUT2D eigenvalue weighted by atomic mass is 10.1. The molecule has 3 rings (SSSR count). The zero-order valence-corrected chi connectivity index (χ0v) is 14.9. The van der Waals surface area contributed by atoms with Gasteiger partial charge < -0.3 is 9.47 Å². The molecule has 0 aliphatic rings. The minimum atomic E-state index is -0.799. The van der Waals surface area contributed by atoms with Gasteiger partial charge in [0.15, 0.2) is 11.6 Å². The van der Waals surface area contributed by atoms with E-state index in [1.165, 1.54) is 19.1 Å². The standard InChI is InChI=1S/C20H16ClF2NO2/c1-25-18-9-5-3-7-16(18)24(17-8-4-6-10-19(17)26-2)20-14(22)11-13(21)12-15(20)23/h3-12H,1-2H3. The summed E-state index contributed by atoms with van der Waals surface area (Å²) in [6.07, 6.45) is 0. The second-order valence-corrected chi connectivity index (χ2v) is 5.83. The van der Waals surface area contributed by atoms with Gasteiger partial charge >= 0.3 is 0 Å². The molecule has 0 heterocycles. The number of rotatable bonds is 5. The first-order chi connectivity index (χ1) is 12.6. The average Bonchev–Trinajstić information content (AvgIpc) is 2.64. The van der Waals surface area contributed by atoms with Gasteiger partial charge in [-0.25, -0.2) is 8.78 Å². The zero-order valence-electron chi connectivity index (χ0n) is 14.2. The molecule has 0 saturated carbocycles. The van der Waals surface area contributed by atoms with Crippen LogP contribution in [-0.2, 0) is 0 Å². The van der Waals surface area contributed by atoms with Crippen LogP contribution < -0.4 is 14.4 Å². The molecular weight excluding hydrogens is 360 g/mol. The van der Waals surface area contributed by atoms with Crippen molar-refractivity contribution in [3.63, 3.8) is 0 Å². The van der Waals surface area contributed by atoms with Crippen LogP contribution in [0.4, 0.5) is 25.8 Å². The summed E-state index contributed by atoms with van der Waals surface area (Å²) in [7, 11) is 2.99. The van der Waals surface area contributed by atoms with E-state index in [0.29, 0.717) is 22.9 Å². The number of halogens is 3. The highest BCUT2D eigenvalue weighted by Gasteiger charge is 2.25. The summed E-state index contributed by atoms with van der Waals surface area (Å²) >= 11 is 5.79. The number of para-hydroxylation sites is 4. The van der Waals surface area contributed by atoms with Crippen LogP contribution in [0.15, 0.2) is 60.7 Å². The molecule has 0 unspecified atom stereocenters. The van der Waals surface area contributed by atoms with Crippen LogP contribution in [0.3, 0.4) is 0 Å². The van der Waals surface area contributed by atoms with Crippen molar-refractivity contribution in [3.8, 4) is 11.5 Å². The normalized spacial score (nSPS) is 10.5. The Morgan fingerprint density at radius 1 is 0.769 bits per heavy atom. The van der Waals surface area contributed by atoms with Crippen molar-refractivity contribution in [1.82, 2.24) is 0 Å². The zero-order chi connectivity index (χ0) is 18.7. The number of hydrogen-bond acceptors (Lipinski definition) is 3. The molecule has 0 amide bonds. The first-order valence-electron chi connectivity index (χ1n) is 7.77. The maximum Gasteiger partial charge on any atom is 0.151 e. The molecule has 0 aliphatic heterocycles. The summed E-state index contributed by atoms with van der Waals surface area (Å²) in [5.41, 5.74) is 0.641. The van der Waals surface area contributed by atoms with Crippen LogP contribution in [0, 0.1) is 11.6 Å². The van der Waals surface area contributed by atoms with Crippen molar-refractivity contribution < 1.29 is 18.3 Å². The summed E-state index contributed by atoms with van der Waals surface area (Å²) in [5.74, 6) is -0.696. The lowest BCUT2D eigenvalue weighted by molar-refractivity contribution is 0.412. The molecule has 3 aromatic carbocycles. The van der Waals surface area contributed by atoms with Gasteiger partial charge in [-0.2, -0.15) is 0 Å². The predicted octanol–water partition coefficient (Wildman–Crippen LogP) is 6.11. The van der Waals surface area contributed by atoms with Gasteiger partial charge in [0.05, 0.1) is 25.6 Å². The van der Waals surface area contributed by atoms with Crippen molar-refractivity contribution in [3.05, 3.63) is 77.3 Å². The Labute approximate surface area is 155 Å². The van der Waals surface area contributed by atoms with Crippen LogP contribution >= 0.6 is 11.6 Å². The summed E-state index contributed by atoms with van der Waals surface area (Å²) in [5, 5.41) is -0.0243. The summed E-state index contributed by atoms with van der Waals surface area (Å²) < 4.78 is 40.3. The summed E-state index contributed by atoms with van der Waals surface area (Å²) in [4.78, 5) is 1.42. The quantitative estimate of drug-likeness (QED) is 0.537. The summed E-state index contributed by atoms with van der Waals surface area (Å²) in [6, 6.07) is 16.0. The van der Waals surface area contributed by atoms with Crippen molar-refractivity contribution in [1.29, 1.82) is 0 Å². The average molecular weight is 376 g/mol. The van der Waals surface area contributed by atoms with Crippen molar-refractivity contribution in [2.75, 3.05) is 19.1 Å². The molecule has 0 saturated heterocycles. The van der Waals surface area contributed by atoms with E-state index in [2.05, 4.69) is 0 Å². The maximum absolute atomic E-state index is 14.8. The molecule has 0 spiro atoms. The monoisotopic (exact) mass is 375 g/mol. The maximum atomic E-state index is 14.8. The molecule has 0 fully saturated rings. The van der Waals surface area contributed by atoms with E-state index in [-0.39, 0.29) is 10.7 Å². The van der Waals surface area contributed by atoms with Gasteiger partial charge in [-0.15, -0.1) is 0 Å². The molecule has 0 aliphatic carbocycles. The lowest BCUT2D eigenvalue weighted by Crippen LogP contribution is -2.15. The number of ether oxygens (including phenoxy) is 2. The number of hydrogen-bond donors (Lipinski definition) is 0. The van der Waals surface area contributed by atoms with Crippen LogP contribution in [0.2, 0.25) is 5.02 Å². The van der Waals surface area contributed by atoms with Gasteiger partial charge in [-0.05, 0) is 36.4 Å². The Morgan fingerprint density at radius 2 is 1.19 bits per heavy atom. The number of anilines is 3. The smallest absolute Gasteiger partial charge is 0.151 e. The minimum absolute atomic E-state index is 0.0243. The van der Waals surface area contributed by atoms with E-state index in [1.807, 2.05) is 0 Å². The highest BCUT2D eigenvalue weighted by Crippen LogP contribution is 2.45. The van der Waals surface area contributed by atoms with Gasteiger partial charge in [0.25, 0.3) is 0 Å². The Hall–Kier alpha value is -2.79. The van der Waals surface area contributed by atoms with Gasteiger partial charge in [0.2, 0.25) is 0 Å². The van der Waals surface area contributed by atoms with Gasteiger partial charge in [0, 0.05) is 5.02 Å². The van der Waals surface area contributed by atoms with E-state index in [9.17, 15) is 8.78 Å². The number of methoxy groups -OCH3 is 2. The molecular formula is C20H16ClF2NO2. The molecule has 3 nitrogen and oxygen atoms in total. The Balaban J connectivity index is 2.34. The molecule has 6 heteroatoms. The van der Waals surface area contributed by atoms with Crippen LogP contribution in [0.1, 0.15) is 0 Å². The topological polar surface area (TPSA) is 21.7 Å². The highest BCUT2D eigenvalue weighted by atomic mass is 35.5. The van der Waals surface area contributed by atoms with E-state index in [1.54, 1.807) is 48.5 Å². The predicted molar refractivity (Wildman–Crippen MR) is 99.2 cm³/mol. The Bertz CT molecular complexity index is 863. The van der Waals surface area contributed by atoms with E-state index >= 15 is 0 Å². The largest absolute Gasteiger partial charge is 0.495 e. The first kappa shape index (κ1) is 18.0. The second kappa shape index (κ2) is 7.62. The van der Waals surface area contributed by atoms with Gasteiger partial charge in [-0.1, -0.05) is 35.9 Å². The van der Waals surface area contributed by atoms with Crippen molar-refractivity contribution in [2.24, 2.45) is 0 Å². The lowest BCUT2D eigenvalue weighted by Gasteiger charge is -2.28. The molecule has 3 aromatic rings. The van der Waals surface area contributed by atoms with Gasteiger partial charge in [-0.3, -0.25) is 4.90 Å². The summed E-state index contributed by atoms with van der Waals surface area (Å²) in [6.45, 7) is 0. The minimum Gasteiger partial charge on any atom is -0.495 e. The first-order valence-corrected chi connectivity index (χ1v) is 8.15. The number of benzene rings is 3. The van der Waals surface area contributed by atoms with Crippen LogP contribution in [0.5, 0.6) is 11.5 Å². The van der Waals surface area contributed by atoms with Crippen molar-refractivity contribution >= 4 is 28.7 Å². The molecule has 0 atom stereocenters. The SMILES string of the molecule is COc1ccccc1N(c1ccccc1OC)c1c(F)cc(Cl)cc1F. The molecule has 134 valence electrons. The van der Waals surface area contributed by atoms with Gasteiger partial charge in [0.1, 0.15) is 17.2 Å². The highest BCUT2D eigenvalue weighted by molar-refractivity contribution is 6.30. The van der Waals surface area contributed by atoms with E-state index < -0.39 is 11.6 Å².